The van der Waals surface area contributed by atoms with E-state index in [-0.39, 0.29) is 11.6 Å². The van der Waals surface area contributed by atoms with Gasteiger partial charge < -0.3 is 10.6 Å². The fourth-order valence-electron chi connectivity index (χ4n) is 2.01. The molecule has 1 aliphatic rings. The number of piperazine rings is 1. The summed E-state index contributed by atoms with van der Waals surface area (Å²) in [6, 6.07) is 1.02. The molecule has 1 aromatic rings. The fourth-order valence-corrected chi connectivity index (χ4v) is 2.18. The largest absolute Gasteiger partial charge is 0.416 e. The Kier molecular flexibility index (Phi) is 3.79. The molecular weight excluding hydrogens is 272 g/mol. The van der Waals surface area contributed by atoms with Crippen molar-refractivity contribution in [2.24, 2.45) is 0 Å². The second kappa shape index (κ2) is 5.03. The van der Waals surface area contributed by atoms with Gasteiger partial charge in [-0.25, -0.2) is 4.39 Å². The standard InChI is InChI=1S/C11H11ClF4N2/c12-7-2-1-6(11(14,15)16)9(10(7)13)8-5-17-3-4-18-8/h1-2,8,17-18H,3-5H2/t8-/m0/s1. The lowest BCUT2D eigenvalue weighted by Crippen LogP contribution is -2.43. The minimum atomic E-state index is -4.60. The summed E-state index contributed by atoms with van der Waals surface area (Å²) < 4.78 is 52.4. The Morgan fingerprint density at radius 1 is 1.22 bits per heavy atom. The molecule has 7 heteroatoms. The molecule has 18 heavy (non-hydrogen) atoms. The number of alkyl halides is 3. The van der Waals surface area contributed by atoms with Gasteiger partial charge >= 0.3 is 6.18 Å². The molecule has 2 N–H and O–H groups in total. The first-order valence-electron chi connectivity index (χ1n) is 5.40. The Hall–Kier alpha value is -0.850. The number of hydrogen-bond acceptors (Lipinski definition) is 2. The summed E-state index contributed by atoms with van der Waals surface area (Å²) in [5.74, 6) is -1.01. The number of rotatable bonds is 1. The summed E-state index contributed by atoms with van der Waals surface area (Å²) in [5.41, 5.74) is -1.40. The third kappa shape index (κ3) is 2.60. The molecule has 2 rings (SSSR count). The highest BCUT2D eigenvalue weighted by molar-refractivity contribution is 6.30. The van der Waals surface area contributed by atoms with Crippen LogP contribution in [0.5, 0.6) is 0 Å². The maximum Gasteiger partial charge on any atom is 0.416 e. The van der Waals surface area contributed by atoms with Crippen molar-refractivity contribution < 1.29 is 17.6 Å². The summed E-state index contributed by atoms with van der Waals surface area (Å²) in [6.45, 7) is 1.36. The van der Waals surface area contributed by atoms with Crippen molar-refractivity contribution in [3.8, 4) is 0 Å². The van der Waals surface area contributed by atoms with Crippen LogP contribution in [0.4, 0.5) is 17.6 Å². The van der Waals surface area contributed by atoms with E-state index in [1.54, 1.807) is 0 Å². The molecular formula is C11H11ClF4N2. The van der Waals surface area contributed by atoms with Crippen LogP contribution in [0.3, 0.4) is 0 Å². The zero-order valence-electron chi connectivity index (χ0n) is 9.24. The van der Waals surface area contributed by atoms with Crippen LogP contribution in [-0.4, -0.2) is 19.6 Å². The molecule has 0 saturated carbocycles. The highest BCUT2D eigenvalue weighted by Crippen LogP contribution is 2.38. The molecule has 0 spiro atoms. The minimum absolute atomic E-state index is 0.236. The highest BCUT2D eigenvalue weighted by atomic mass is 35.5. The van der Waals surface area contributed by atoms with E-state index in [2.05, 4.69) is 10.6 Å². The van der Waals surface area contributed by atoms with Gasteiger partial charge in [0, 0.05) is 31.2 Å². The van der Waals surface area contributed by atoms with Gasteiger partial charge in [-0.1, -0.05) is 11.6 Å². The van der Waals surface area contributed by atoms with Crippen molar-refractivity contribution in [2.45, 2.75) is 12.2 Å². The highest BCUT2D eigenvalue weighted by Gasteiger charge is 2.37. The van der Waals surface area contributed by atoms with E-state index < -0.39 is 29.2 Å². The number of hydrogen-bond donors (Lipinski definition) is 2. The Morgan fingerprint density at radius 3 is 2.50 bits per heavy atom. The molecule has 1 fully saturated rings. The van der Waals surface area contributed by atoms with E-state index in [0.29, 0.717) is 13.1 Å². The zero-order chi connectivity index (χ0) is 13.3. The lowest BCUT2D eigenvalue weighted by molar-refractivity contribution is -0.138. The molecule has 100 valence electrons. The van der Waals surface area contributed by atoms with Gasteiger partial charge in [-0.3, -0.25) is 0 Å². The van der Waals surface area contributed by atoms with E-state index in [0.717, 1.165) is 12.1 Å². The van der Waals surface area contributed by atoms with Crippen LogP contribution in [0.2, 0.25) is 5.02 Å². The topological polar surface area (TPSA) is 24.1 Å². The lowest BCUT2D eigenvalue weighted by Gasteiger charge is -2.27. The van der Waals surface area contributed by atoms with Gasteiger partial charge in [0.25, 0.3) is 0 Å². The predicted molar refractivity (Wildman–Crippen MR) is 60.0 cm³/mol. The number of halogens is 5. The lowest BCUT2D eigenvalue weighted by atomic mass is 9.98. The van der Waals surface area contributed by atoms with Crippen LogP contribution in [0.1, 0.15) is 17.2 Å². The second-order valence-electron chi connectivity index (χ2n) is 4.03. The first-order chi connectivity index (χ1) is 8.41. The van der Waals surface area contributed by atoms with Crippen LogP contribution in [0.15, 0.2) is 12.1 Å². The summed E-state index contributed by atoms with van der Waals surface area (Å²) in [7, 11) is 0. The molecule has 1 heterocycles. The van der Waals surface area contributed by atoms with E-state index in [9.17, 15) is 17.6 Å². The van der Waals surface area contributed by atoms with E-state index in [1.807, 2.05) is 0 Å². The van der Waals surface area contributed by atoms with Crippen LogP contribution in [-0.2, 0) is 6.18 Å². The first-order valence-corrected chi connectivity index (χ1v) is 5.78. The van der Waals surface area contributed by atoms with Crippen LogP contribution in [0.25, 0.3) is 0 Å². The monoisotopic (exact) mass is 282 g/mol. The average Bonchev–Trinajstić information content (AvgIpc) is 2.32. The summed E-state index contributed by atoms with van der Waals surface area (Å²) >= 11 is 5.56. The summed E-state index contributed by atoms with van der Waals surface area (Å²) in [6.07, 6.45) is -4.60. The quantitative estimate of drug-likeness (QED) is 0.774. The Balaban J connectivity index is 2.50. The molecule has 0 amide bonds. The molecule has 1 atom stereocenters. The third-order valence-electron chi connectivity index (χ3n) is 2.83. The fraction of sp³-hybridized carbons (Fsp3) is 0.455. The normalized spacial score (nSPS) is 21.1. The van der Waals surface area contributed by atoms with Gasteiger partial charge in [-0.05, 0) is 12.1 Å². The molecule has 1 aromatic carbocycles. The van der Waals surface area contributed by atoms with Crippen molar-refractivity contribution in [1.29, 1.82) is 0 Å². The number of benzene rings is 1. The van der Waals surface area contributed by atoms with Crippen molar-refractivity contribution >= 4 is 11.6 Å². The summed E-state index contributed by atoms with van der Waals surface area (Å²) in [4.78, 5) is 0. The Morgan fingerprint density at radius 2 is 1.94 bits per heavy atom. The van der Waals surface area contributed by atoms with Gasteiger partial charge in [0.2, 0.25) is 0 Å². The SMILES string of the molecule is Fc1c(Cl)ccc(C(F)(F)F)c1[C@@H]1CNCCN1. The molecule has 0 bridgehead atoms. The molecule has 2 nitrogen and oxygen atoms in total. The Labute approximate surface area is 106 Å². The molecule has 0 aromatic heterocycles. The van der Waals surface area contributed by atoms with Crippen molar-refractivity contribution in [3.05, 3.63) is 34.1 Å². The van der Waals surface area contributed by atoms with Gasteiger partial charge in [0.05, 0.1) is 10.6 Å². The van der Waals surface area contributed by atoms with Gasteiger partial charge in [0.1, 0.15) is 5.82 Å². The molecule has 1 aliphatic heterocycles. The Bertz CT molecular complexity index is 441. The third-order valence-corrected chi connectivity index (χ3v) is 3.12. The second-order valence-corrected chi connectivity index (χ2v) is 4.44. The maximum absolute atomic E-state index is 13.9. The van der Waals surface area contributed by atoms with Crippen molar-refractivity contribution in [2.75, 3.05) is 19.6 Å². The van der Waals surface area contributed by atoms with Crippen LogP contribution < -0.4 is 10.6 Å². The number of nitrogens with one attached hydrogen (secondary N) is 2. The predicted octanol–water partition coefficient (Wildman–Crippen LogP) is 2.73. The first kappa shape index (κ1) is 13.6. The van der Waals surface area contributed by atoms with E-state index in [1.165, 1.54) is 0 Å². The molecule has 1 saturated heterocycles. The smallest absolute Gasteiger partial charge is 0.314 e. The van der Waals surface area contributed by atoms with E-state index >= 15 is 0 Å². The van der Waals surface area contributed by atoms with Gasteiger partial charge in [0.15, 0.2) is 0 Å². The summed E-state index contributed by atoms with van der Waals surface area (Å²) in [5, 5.41) is 5.47. The maximum atomic E-state index is 13.9. The minimum Gasteiger partial charge on any atom is -0.314 e. The van der Waals surface area contributed by atoms with Crippen LogP contribution in [0, 0.1) is 5.82 Å². The van der Waals surface area contributed by atoms with Gasteiger partial charge in [-0.2, -0.15) is 13.2 Å². The molecule has 0 unspecified atom stereocenters. The van der Waals surface area contributed by atoms with Crippen LogP contribution >= 0.6 is 11.6 Å². The van der Waals surface area contributed by atoms with Crippen molar-refractivity contribution in [3.63, 3.8) is 0 Å². The molecule has 0 aliphatic carbocycles. The molecule has 0 radical (unpaired) electrons. The van der Waals surface area contributed by atoms with E-state index in [4.69, 9.17) is 11.6 Å². The van der Waals surface area contributed by atoms with Crippen molar-refractivity contribution in [1.82, 2.24) is 10.6 Å². The zero-order valence-corrected chi connectivity index (χ0v) is 10.00. The average molecular weight is 283 g/mol. The van der Waals surface area contributed by atoms with Gasteiger partial charge in [-0.15, -0.1) is 0 Å².